The van der Waals surface area contributed by atoms with Crippen molar-refractivity contribution in [1.82, 2.24) is 10.3 Å². The van der Waals surface area contributed by atoms with Gasteiger partial charge in [0.1, 0.15) is 17.5 Å². The molecule has 10 heteroatoms. The lowest BCUT2D eigenvalue weighted by atomic mass is 10.1. The van der Waals surface area contributed by atoms with Crippen molar-refractivity contribution >= 4 is 57.8 Å². The minimum absolute atomic E-state index is 0.0166. The van der Waals surface area contributed by atoms with Crippen LogP contribution in [0.2, 0.25) is 5.02 Å². The summed E-state index contributed by atoms with van der Waals surface area (Å²) in [5.74, 6) is -0.476. The van der Waals surface area contributed by atoms with Gasteiger partial charge in [0.25, 0.3) is 16.8 Å². The summed E-state index contributed by atoms with van der Waals surface area (Å²) in [5, 5.41) is 8.89. The Morgan fingerprint density at radius 2 is 1.77 bits per heavy atom. The summed E-state index contributed by atoms with van der Waals surface area (Å²) in [6, 6.07) is 9.62. The number of aromatic nitrogens is 1. The minimum Gasteiger partial charge on any atom is -0.358 e. The van der Waals surface area contributed by atoms with E-state index in [1.807, 2.05) is 6.92 Å². The SMILES string of the molecule is CCCC(Cl)(Cl)C(NC(=O)c1ccc(Cl)cc1)Nc1c(Nc2cccnc2)c(=O)c1=O. The number of pyridine rings is 1. The molecule has 3 aromatic rings. The number of rotatable bonds is 9. The summed E-state index contributed by atoms with van der Waals surface area (Å²) in [7, 11) is 0. The molecule has 1 unspecified atom stereocenters. The summed E-state index contributed by atoms with van der Waals surface area (Å²) in [6.07, 6.45) is 2.96. The number of hydrogen-bond acceptors (Lipinski definition) is 6. The predicted molar refractivity (Wildman–Crippen MR) is 125 cm³/mol. The van der Waals surface area contributed by atoms with Crippen LogP contribution in [0.15, 0.2) is 58.4 Å². The zero-order valence-electron chi connectivity index (χ0n) is 16.4. The summed E-state index contributed by atoms with van der Waals surface area (Å²) in [5.41, 5.74) is -0.551. The van der Waals surface area contributed by atoms with E-state index in [1.165, 1.54) is 6.20 Å². The molecule has 2 aromatic carbocycles. The van der Waals surface area contributed by atoms with Gasteiger partial charge in [-0.15, -0.1) is 0 Å². The molecule has 1 aromatic heterocycles. The Bertz CT molecular complexity index is 1130. The second kappa shape index (κ2) is 9.68. The van der Waals surface area contributed by atoms with Crippen LogP contribution in [0.25, 0.3) is 0 Å². The van der Waals surface area contributed by atoms with E-state index in [9.17, 15) is 14.4 Å². The fraction of sp³-hybridized carbons (Fsp3) is 0.238. The Balaban J connectivity index is 1.87. The maximum atomic E-state index is 12.7. The van der Waals surface area contributed by atoms with Gasteiger partial charge in [-0.25, -0.2) is 0 Å². The minimum atomic E-state index is -1.46. The molecule has 0 saturated carbocycles. The topological polar surface area (TPSA) is 100 Å². The first kappa shape index (κ1) is 23.1. The van der Waals surface area contributed by atoms with E-state index < -0.39 is 27.3 Å². The van der Waals surface area contributed by atoms with E-state index in [-0.39, 0.29) is 11.4 Å². The monoisotopic (exact) mass is 480 g/mol. The third-order valence-corrected chi connectivity index (χ3v) is 5.58. The van der Waals surface area contributed by atoms with Crippen molar-refractivity contribution in [2.75, 3.05) is 10.6 Å². The number of carbonyl (C=O) groups is 1. The quantitative estimate of drug-likeness (QED) is 0.240. The van der Waals surface area contributed by atoms with E-state index in [4.69, 9.17) is 34.8 Å². The number of alkyl halides is 2. The van der Waals surface area contributed by atoms with Crippen LogP contribution in [-0.4, -0.2) is 21.4 Å². The zero-order valence-corrected chi connectivity index (χ0v) is 18.7. The number of benzene rings is 1. The Morgan fingerprint density at radius 1 is 1.10 bits per heavy atom. The fourth-order valence-corrected chi connectivity index (χ4v) is 3.64. The normalized spacial score (nSPS) is 12.4. The molecule has 0 bridgehead atoms. The highest BCUT2D eigenvalue weighted by Gasteiger charge is 2.38. The third-order valence-electron chi connectivity index (χ3n) is 4.52. The van der Waals surface area contributed by atoms with Crippen molar-refractivity contribution in [3.63, 3.8) is 0 Å². The number of hydrogen-bond donors (Lipinski definition) is 3. The van der Waals surface area contributed by atoms with E-state index >= 15 is 0 Å². The fourth-order valence-electron chi connectivity index (χ4n) is 2.91. The molecule has 0 aliphatic rings. The number of halogens is 3. The zero-order chi connectivity index (χ0) is 22.6. The molecule has 162 valence electrons. The van der Waals surface area contributed by atoms with Gasteiger partial charge in [0.05, 0.1) is 11.9 Å². The van der Waals surface area contributed by atoms with Crippen LogP contribution in [-0.2, 0) is 0 Å². The van der Waals surface area contributed by atoms with Crippen molar-refractivity contribution in [2.24, 2.45) is 0 Å². The van der Waals surface area contributed by atoms with E-state index in [2.05, 4.69) is 20.9 Å². The molecule has 3 rings (SSSR count). The van der Waals surface area contributed by atoms with E-state index in [1.54, 1.807) is 42.6 Å². The van der Waals surface area contributed by atoms with Gasteiger partial charge in [-0.2, -0.15) is 0 Å². The number of anilines is 3. The van der Waals surface area contributed by atoms with E-state index in [0.717, 1.165) is 0 Å². The van der Waals surface area contributed by atoms with Gasteiger partial charge in [0, 0.05) is 16.8 Å². The highest BCUT2D eigenvalue weighted by molar-refractivity contribution is 6.49. The molecule has 0 fully saturated rings. The predicted octanol–water partition coefficient (Wildman–Crippen LogP) is 4.22. The molecule has 0 spiro atoms. The number of amides is 1. The van der Waals surface area contributed by atoms with Crippen LogP contribution in [0, 0.1) is 0 Å². The van der Waals surface area contributed by atoms with Crippen molar-refractivity contribution in [3.05, 3.63) is 79.8 Å². The molecule has 0 aliphatic carbocycles. The lowest BCUT2D eigenvalue weighted by molar-refractivity contribution is 0.0937. The van der Waals surface area contributed by atoms with Crippen LogP contribution < -0.4 is 26.8 Å². The maximum Gasteiger partial charge on any atom is 0.253 e. The number of nitrogens with zero attached hydrogens (tertiary/aromatic N) is 1. The number of nitrogens with one attached hydrogen (secondary N) is 3. The van der Waals surface area contributed by atoms with Crippen molar-refractivity contribution in [1.29, 1.82) is 0 Å². The van der Waals surface area contributed by atoms with Crippen LogP contribution in [0.1, 0.15) is 30.1 Å². The summed E-state index contributed by atoms with van der Waals surface area (Å²) < 4.78 is -1.46. The standard InChI is InChI=1S/C21H19Cl3N4O3/c1-2-9-21(23,24)20(28-19(31)12-5-7-13(22)8-6-12)27-16-15(17(29)18(16)30)26-14-4-3-10-25-11-14/h3-8,10-11,20,26-27H,2,9H2,1H3,(H,28,31). The highest BCUT2D eigenvalue weighted by atomic mass is 35.5. The first-order valence-corrected chi connectivity index (χ1v) is 10.6. The Labute approximate surface area is 193 Å². The van der Waals surface area contributed by atoms with Crippen LogP contribution in [0.3, 0.4) is 0 Å². The smallest absolute Gasteiger partial charge is 0.253 e. The van der Waals surface area contributed by atoms with E-state index in [0.29, 0.717) is 29.1 Å². The van der Waals surface area contributed by atoms with Crippen molar-refractivity contribution < 1.29 is 4.79 Å². The second-order valence-electron chi connectivity index (χ2n) is 6.84. The first-order valence-electron chi connectivity index (χ1n) is 9.44. The molecule has 0 aliphatic heterocycles. The Morgan fingerprint density at radius 3 is 2.39 bits per heavy atom. The second-order valence-corrected chi connectivity index (χ2v) is 8.82. The number of carbonyl (C=O) groups excluding carboxylic acids is 1. The highest BCUT2D eigenvalue weighted by Crippen LogP contribution is 2.33. The first-order chi connectivity index (χ1) is 14.7. The molecular formula is C21H19Cl3N4O3. The average Bonchev–Trinajstić information content (AvgIpc) is 2.76. The Kier molecular flexibility index (Phi) is 7.20. The molecule has 1 heterocycles. The molecule has 31 heavy (non-hydrogen) atoms. The van der Waals surface area contributed by atoms with Gasteiger partial charge >= 0.3 is 0 Å². The largest absolute Gasteiger partial charge is 0.358 e. The third kappa shape index (κ3) is 5.36. The molecule has 1 atom stereocenters. The summed E-state index contributed by atoms with van der Waals surface area (Å²) >= 11 is 18.9. The van der Waals surface area contributed by atoms with Crippen LogP contribution in [0.5, 0.6) is 0 Å². The van der Waals surface area contributed by atoms with Crippen molar-refractivity contribution in [2.45, 2.75) is 30.3 Å². The van der Waals surface area contributed by atoms with Gasteiger partial charge in [0.2, 0.25) is 0 Å². The van der Waals surface area contributed by atoms with Crippen LogP contribution in [0.4, 0.5) is 17.1 Å². The van der Waals surface area contributed by atoms with Crippen molar-refractivity contribution in [3.8, 4) is 0 Å². The average molecular weight is 482 g/mol. The molecule has 3 N–H and O–H groups in total. The van der Waals surface area contributed by atoms with Gasteiger partial charge in [-0.1, -0.05) is 48.1 Å². The van der Waals surface area contributed by atoms with Crippen LogP contribution >= 0.6 is 34.8 Å². The maximum absolute atomic E-state index is 12.7. The van der Waals surface area contributed by atoms with Gasteiger partial charge in [0.15, 0.2) is 4.33 Å². The summed E-state index contributed by atoms with van der Waals surface area (Å²) in [6.45, 7) is 1.88. The molecular weight excluding hydrogens is 463 g/mol. The Hall–Kier alpha value is -2.61. The molecule has 1 amide bonds. The summed E-state index contributed by atoms with van der Waals surface area (Å²) in [4.78, 5) is 41.0. The van der Waals surface area contributed by atoms with Gasteiger partial charge in [-0.05, 0) is 42.8 Å². The molecule has 7 nitrogen and oxygen atoms in total. The molecule has 0 saturated heterocycles. The van der Waals surface area contributed by atoms with Gasteiger partial charge < -0.3 is 16.0 Å². The van der Waals surface area contributed by atoms with Gasteiger partial charge in [-0.3, -0.25) is 19.4 Å². The lowest BCUT2D eigenvalue weighted by Crippen LogP contribution is -2.53. The lowest BCUT2D eigenvalue weighted by Gasteiger charge is -2.32. The molecule has 0 radical (unpaired) electrons.